The number of esters is 1. The zero-order chi connectivity index (χ0) is 28.4. The number of halogens is 2. The highest BCUT2D eigenvalue weighted by atomic mass is 127. The molecule has 0 bridgehead atoms. The van der Waals surface area contributed by atoms with E-state index in [4.69, 9.17) is 18.9 Å². The summed E-state index contributed by atoms with van der Waals surface area (Å²) < 4.78 is 26.3. The van der Waals surface area contributed by atoms with Crippen LogP contribution < -0.4 is 29.1 Å². The molecule has 1 atom stereocenters. The van der Waals surface area contributed by atoms with Crippen LogP contribution in [0.2, 0.25) is 0 Å². The van der Waals surface area contributed by atoms with E-state index in [-0.39, 0.29) is 18.3 Å². The van der Waals surface area contributed by atoms with Gasteiger partial charge in [0.25, 0.3) is 5.56 Å². The Balaban J connectivity index is 1.98. The molecule has 0 saturated carbocycles. The highest BCUT2D eigenvalue weighted by molar-refractivity contribution is 14.1. The fourth-order valence-electron chi connectivity index (χ4n) is 4.36. The van der Waals surface area contributed by atoms with Crippen molar-refractivity contribution in [2.75, 3.05) is 20.8 Å². The number of rotatable bonds is 8. The Kier molecular flexibility index (Phi) is 9.22. The molecule has 0 fully saturated rings. The monoisotopic (exact) mass is 726 g/mol. The molecule has 11 heteroatoms. The first-order valence-corrected chi connectivity index (χ1v) is 14.9. The van der Waals surface area contributed by atoms with Crippen LogP contribution >= 0.6 is 49.9 Å². The van der Waals surface area contributed by atoms with Crippen molar-refractivity contribution in [3.63, 3.8) is 0 Å². The van der Waals surface area contributed by atoms with Gasteiger partial charge in [0.15, 0.2) is 16.3 Å². The van der Waals surface area contributed by atoms with Gasteiger partial charge in [0.1, 0.15) is 5.75 Å². The van der Waals surface area contributed by atoms with Crippen LogP contribution in [0.1, 0.15) is 44.9 Å². The van der Waals surface area contributed by atoms with E-state index in [9.17, 15) is 9.59 Å². The molecule has 3 aromatic rings. The number of carbonyl (C=O) groups excluding carboxylic acids is 1. The highest BCUT2D eigenvalue weighted by Gasteiger charge is 2.34. The summed E-state index contributed by atoms with van der Waals surface area (Å²) in [4.78, 5) is 32.3. The lowest BCUT2D eigenvalue weighted by Crippen LogP contribution is -2.40. The molecule has 0 spiro atoms. The molecule has 39 heavy (non-hydrogen) atoms. The van der Waals surface area contributed by atoms with E-state index in [2.05, 4.69) is 43.5 Å². The van der Waals surface area contributed by atoms with Gasteiger partial charge in [-0.1, -0.05) is 33.3 Å². The quantitative estimate of drug-likeness (QED) is 0.241. The predicted molar refractivity (Wildman–Crippen MR) is 163 cm³/mol. The lowest BCUT2D eigenvalue weighted by atomic mass is 9.95. The van der Waals surface area contributed by atoms with Crippen LogP contribution in [0, 0.1) is 3.57 Å². The first-order chi connectivity index (χ1) is 18.6. The van der Waals surface area contributed by atoms with Gasteiger partial charge >= 0.3 is 5.97 Å². The van der Waals surface area contributed by atoms with Crippen LogP contribution in [0.25, 0.3) is 6.08 Å². The van der Waals surface area contributed by atoms with Crippen molar-refractivity contribution < 1.29 is 23.7 Å². The van der Waals surface area contributed by atoms with E-state index in [1.807, 2.05) is 32.0 Å². The maximum atomic E-state index is 14.0. The van der Waals surface area contributed by atoms with E-state index in [0.717, 1.165) is 13.6 Å². The lowest BCUT2D eigenvalue weighted by Gasteiger charge is -2.25. The topological polar surface area (TPSA) is 88.4 Å². The Hall–Kier alpha value is -2.64. The van der Waals surface area contributed by atoms with Gasteiger partial charge in [-0.15, -0.1) is 0 Å². The van der Waals surface area contributed by atoms with Crippen molar-refractivity contribution >= 4 is 61.9 Å². The predicted octanol–water partition coefficient (Wildman–Crippen LogP) is 4.97. The molecule has 8 nitrogen and oxygen atoms in total. The van der Waals surface area contributed by atoms with Gasteiger partial charge < -0.3 is 18.9 Å². The van der Waals surface area contributed by atoms with Gasteiger partial charge in [-0.3, -0.25) is 9.36 Å². The number of hydrogen-bond acceptors (Lipinski definition) is 8. The van der Waals surface area contributed by atoms with E-state index < -0.39 is 12.0 Å². The summed E-state index contributed by atoms with van der Waals surface area (Å²) in [5.41, 5.74) is 1.92. The fraction of sp³-hybridized carbons (Fsp3) is 0.321. The summed E-state index contributed by atoms with van der Waals surface area (Å²) in [5, 5.41) is 0. The molecular formula is C28H28BrIN2O6S. The molecule has 206 valence electrons. The van der Waals surface area contributed by atoms with Crippen LogP contribution in [0.5, 0.6) is 17.2 Å². The Labute approximate surface area is 252 Å². The molecule has 1 aliphatic heterocycles. The minimum absolute atomic E-state index is 0.0577. The van der Waals surface area contributed by atoms with Crippen LogP contribution in [-0.2, 0) is 9.53 Å². The largest absolute Gasteiger partial charge is 0.495 e. The normalized spacial score (nSPS) is 15.2. The average molecular weight is 727 g/mol. The molecule has 0 N–H and O–H groups in total. The first-order valence-electron chi connectivity index (χ1n) is 12.2. The molecule has 0 radical (unpaired) electrons. The summed E-state index contributed by atoms with van der Waals surface area (Å²) in [6.07, 6.45) is 1.73. The van der Waals surface area contributed by atoms with Crippen molar-refractivity contribution in [3.8, 4) is 17.2 Å². The number of hydrogen-bond donors (Lipinski definition) is 0. The zero-order valence-corrected chi connectivity index (χ0v) is 26.9. The second-order valence-corrected chi connectivity index (χ2v) is 12.0. The van der Waals surface area contributed by atoms with Crippen LogP contribution in [0.3, 0.4) is 0 Å². The van der Waals surface area contributed by atoms with Crippen LogP contribution in [0.15, 0.2) is 55.9 Å². The van der Waals surface area contributed by atoms with E-state index >= 15 is 0 Å². The van der Waals surface area contributed by atoms with Gasteiger partial charge in [0, 0.05) is 10.0 Å². The number of nitrogens with zero attached hydrogens (tertiary/aromatic N) is 2. The maximum absolute atomic E-state index is 14.0. The van der Waals surface area contributed by atoms with Crippen molar-refractivity contribution in [2.24, 2.45) is 4.99 Å². The molecule has 2 aromatic carbocycles. The van der Waals surface area contributed by atoms with Crippen molar-refractivity contribution in [1.29, 1.82) is 0 Å². The number of ether oxygens (including phenoxy) is 4. The first kappa shape index (κ1) is 29.3. The third-order valence-electron chi connectivity index (χ3n) is 5.91. The standard InChI is InChI=1S/C28H28BrIN2O6S/c1-7-37-27(34)23-15(4)31-28-32(24(23)16-8-9-20(38-14(2)3)21(11-16)35-5)26(33)22(39-28)12-17-10-18(29)13-19(30)25(17)36-6/h8-14,24H,7H2,1-6H3/b22-12+/t24-/m0/s1. The number of methoxy groups -OCH3 is 2. The minimum atomic E-state index is -0.769. The second kappa shape index (κ2) is 12.3. The van der Waals surface area contributed by atoms with Gasteiger partial charge in [0.2, 0.25) is 0 Å². The number of thiazole rings is 1. The Morgan fingerprint density at radius 1 is 1.21 bits per heavy atom. The molecule has 0 saturated heterocycles. The molecular weight excluding hydrogens is 699 g/mol. The molecule has 0 unspecified atom stereocenters. The number of allylic oxidation sites excluding steroid dienone is 1. The SMILES string of the molecule is CCOC(=O)C1=C(C)N=c2s/c(=C/c3cc(Br)cc(I)c3OC)c(=O)n2[C@H]1c1ccc(OC(C)C)c(OC)c1. The Morgan fingerprint density at radius 2 is 1.95 bits per heavy atom. The zero-order valence-electron chi connectivity index (χ0n) is 22.3. The van der Waals surface area contributed by atoms with Crippen molar-refractivity contribution in [2.45, 2.75) is 39.8 Å². The van der Waals surface area contributed by atoms with Crippen molar-refractivity contribution in [1.82, 2.24) is 4.57 Å². The average Bonchev–Trinajstić information content (AvgIpc) is 3.17. The number of fused-ring (bicyclic) bond motifs is 1. The second-order valence-electron chi connectivity index (χ2n) is 8.89. The number of benzene rings is 2. The summed E-state index contributed by atoms with van der Waals surface area (Å²) >= 11 is 6.97. The van der Waals surface area contributed by atoms with Crippen LogP contribution in [-0.4, -0.2) is 37.5 Å². The van der Waals surface area contributed by atoms with Gasteiger partial charge in [-0.05, 0) is 86.2 Å². The minimum Gasteiger partial charge on any atom is -0.495 e. The van der Waals surface area contributed by atoms with E-state index in [0.29, 0.717) is 43.4 Å². The van der Waals surface area contributed by atoms with Gasteiger partial charge in [-0.2, -0.15) is 0 Å². The number of carbonyl (C=O) groups is 1. The van der Waals surface area contributed by atoms with E-state index in [1.54, 1.807) is 50.8 Å². The summed E-state index contributed by atoms with van der Waals surface area (Å²) in [7, 11) is 3.15. The summed E-state index contributed by atoms with van der Waals surface area (Å²) in [6.45, 7) is 7.54. The molecule has 0 aliphatic carbocycles. The highest BCUT2D eigenvalue weighted by Crippen LogP contribution is 2.36. The van der Waals surface area contributed by atoms with Gasteiger partial charge in [-0.25, -0.2) is 9.79 Å². The summed E-state index contributed by atoms with van der Waals surface area (Å²) in [5.74, 6) is 1.20. The number of aromatic nitrogens is 1. The lowest BCUT2D eigenvalue weighted by molar-refractivity contribution is -0.139. The van der Waals surface area contributed by atoms with Crippen molar-refractivity contribution in [3.05, 3.63) is 80.5 Å². The molecule has 1 aliphatic rings. The third-order valence-corrected chi connectivity index (χ3v) is 8.15. The molecule has 2 heterocycles. The molecule has 4 rings (SSSR count). The Morgan fingerprint density at radius 3 is 2.59 bits per heavy atom. The fourth-order valence-corrected chi connectivity index (χ4v) is 7.16. The van der Waals surface area contributed by atoms with Crippen LogP contribution in [0.4, 0.5) is 0 Å². The maximum Gasteiger partial charge on any atom is 0.338 e. The third kappa shape index (κ3) is 5.94. The molecule has 1 aromatic heterocycles. The van der Waals surface area contributed by atoms with E-state index in [1.165, 1.54) is 11.3 Å². The summed E-state index contributed by atoms with van der Waals surface area (Å²) in [6, 6.07) is 8.47. The Bertz CT molecular complexity index is 1640. The smallest absolute Gasteiger partial charge is 0.338 e. The molecule has 0 amide bonds. The van der Waals surface area contributed by atoms with Gasteiger partial charge in [0.05, 0.1) is 52.3 Å².